The zero-order chi connectivity index (χ0) is 29.5. The van der Waals surface area contributed by atoms with Crippen molar-refractivity contribution in [3.05, 3.63) is 145 Å². The number of benzene rings is 7. The molecule has 0 saturated heterocycles. The van der Waals surface area contributed by atoms with E-state index in [-0.39, 0.29) is 0 Å². The van der Waals surface area contributed by atoms with Crippen LogP contribution in [0.15, 0.2) is 153 Å². The third-order valence-electron chi connectivity index (χ3n) is 8.11. The minimum Gasteiger partial charge on any atom is -0.455 e. The molecule has 0 bridgehead atoms. The summed E-state index contributed by atoms with van der Waals surface area (Å²) in [4.78, 5) is 11.6. The van der Waals surface area contributed by atoms with E-state index in [0.29, 0.717) is 12.4 Å². The minimum absolute atomic E-state index is 0.473. The molecule has 1 heterocycles. The number of nitrogens with two attached hydrogens (primary N) is 1. The van der Waals surface area contributed by atoms with Crippen molar-refractivity contribution in [3.63, 3.8) is 0 Å². The minimum atomic E-state index is 0.473. The Balaban J connectivity index is 1.19. The molecule has 210 valence electrons. The van der Waals surface area contributed by atoms with Crippen LogP contribution in [0.1, 0.15) is 11.1 Å². The van der Waals surface area contributed by atoms with E-state index in [9.17, 15) is 0 Å². The smallest absolute Gasteiger partial charge is 0.156 e. The summed E-state index contributed by atoms with van der Waals surface area (Å²) in [6, 6.07) is 46.7. The molecule has 7 aromatic rings. The van der Waals surface area contributed by atoms with Gasteiger partial charge >= 0.3 is 0 Å². The van der Waals surface area contributed by atoms with E-state index < -0.39 is 0 Å². The summed E-state index contributed by atoms with van der Waals surface area (Å²) in [6.45, 7) is 0.473. The number of para-hydroxylation sites is 1. The van der Waals surface area contributed by atoms with E-state index in [2.05, 4.69) is 114 Å². The molecule has 0 aliphatic carbocycles. The van der Waals surface area contributed by atoms with E-state index >= 15 is 0 Å². The van der Waals surface area contributed by atoms with Gasteiger partial charge in [0.15, 0.2) is 5.84 Å². The maximum Gasteiger partial charge on any atom is 0.156 e. The van der Waals surface area contributed by atoms with Crippen LogP contribution in [0.3, 0.4) is 0 Å². The highest BCUT2D eigenvalue weighted by Gasteiger charge is 2.18. The molecule has 1 aliphatic rings. The molecule has 2 N–H and O–H groups in total. The first kappa shape index (κ1) is 26.3. The highest BCUT2D eigenvalue weighted by atomic mass is 32.2. The Morgan fingerprint density at radius 2 is 1.27 bits per heavy atom. The second-order valence-corrected chi connectivity index (χ2v) is 11.9. The number of hydrogen-bond donors (Lipinski definition) is 1. The van der Waals surface area contributed by atoms with Gasteiger partial charge in [0.2, 0.25) is 0 Å². The van der Waals surface area contributed by atoms with Gasteiger partial charge in [-0.05, 0) is 85.4 Å². The lowest BCUT2D eigenvalue weighted by atomic mass is 9.91. The van der Waals surface area contributed by atoms with Crippen LogP contribution in [0.5, 0.6) is 11.5 Å². The molecule has 0 amide bonds. The molecule has 0 unspecified atom stereocenters. The van der Waals surface area contributed by atoms with Gasteiger partial charge in [0, 0.05) is 5.56 Å². The Bertz CT molecular complexity index is 2250. The zero-order valence-corrected chi connectivity index (χ0v) is 24.6. The molecule has 8 rings (SSSR count). The largest absolute Gasteiger partial charge is 0.455 e. The molecule has 7 aromatic carbocycles. The van der Waals surface area contributed by atoms with E-state index in [0.717, 1.165) is 32.4 Å². The van der Waals surface area contributed by atoms with Crippen molar-refractivity contribution in [1.29, 1.82) is 0 Å². The Morgan fingerprint density at radius 1 is 0.591 bits per heavy atom. The summed E-state index contributed by atoms with van der Waals surface area (Å²) < 4.78 is 6.10. The number of aliphatic imine (C=N–C) groups is 2. The van der Waals surface area contributed by atoms with Gasteiger partial charge in [0.05, 0.1) is 22.7 Å². The summed E-state index contributed by atoms with van der Waals surface area (Å²) in [5, 5.41) is 7.25. The third kappa shape index (κ3) is 4.68. The second kappa shape index (κ2) is 11.0. The van der Waals surface area contributed by atoms with Gasteiger partial charge in [-0.15, -0.1) is 0 Å². The van der Waals surface area contributed by atoms with Crippen molar-refractivity contribution in [2.24, 2.45) is 15.7 Å². The fourth-order valence-corrected chi connectivity index (χ4v) is 7.03. The maximum atomic E-state index is 6.10. The Labute approximate surface area is 259 Å². The lowest BCUT2D eigenvalue weighted by Gasteiger charge is -2.19. The molecule has 0 spiro atoms. The van der Waals surface area contributed by atoms with Crippen LogP contribution in [0.2, 0.25) is 0 Å². The highest BCUT2D eigenvalue weighted by molar-refractivity contribution is 7.99. The zero-order valence-electron chi connectivity index (χ0n) is 23.8. The van der Waals surface area contributed by atoms with E-state index in [1.165, 1.54) is 49.8 Å². The number of hydrogen-bond acceptors (Lipinski definition) is 3. The summed E-state index contributed by atoms with van der Waals surface area (Å²) in [5.41, 5.74) is 10.2. The first-order chi connectivity index (χ1) is 21.7. The maximum absolute atomic E-state index is 6.10. The van der Waals surface area contributed by atoms with Gasteiger partial charge in [0.1, 0.15) is 11.5 Å². The Hall–Kier alpha value is -5.39. The molecule has 0 atom stereocenters. The van der Waals surface area contributed by atoms with E-state index in [1.54, 1.807) is 11.8 Å². The number of rotatable bonds is 4. The van der Waals surface area contributed by atoms with Crippen molar-refractivity contribution in [3.8, 4) is 22.6 Å². The van der Waals surface area contributed by atoms with Crippen LogP contribution in [-0.2, 0) is 6.54 Å². The molecule has 0 saturated carbocycles. The number of amidine groups is 1. The molecule has 44 heavy (non-hydrogen) atoms. The number of fused-ring (bicyclic) bond motifs is 8. The van der Waals surface area contributed by atoms with Crippen molar-refractivity contribution in [2.75, 3.05) is 0 Å². The highest BCUT2D eigenvalue weighted by Crippen LogP contribution is 2.47. The topological polar surface area (TPSA) is 60.0 Å². The number of ether oxygens (including phenoxy) is 1. The van der Waals surface area contributed by atoms with Gasteiger partial charge in [-0.3, -0.25) is 4.99 Å². The summed E-state index contributed by atoms with van der Waals surface area (Å²) in [7, 11) is 0. The third-order valence-corrected chi connectivity index (χ3v) is 9.20. The monoisotopic (exact) mass is 585 g/mol. The standard InChI is InChI=1S/C39H27N3OS/c40-24-42-39(41-23-25-14-19-36-38(20-25)44-37-13-7-6-12-35(37)43-36)28-16-18-32-31-17-15-27(26-8-2-1-3-9-26)21-33(31)29-10-4-5-11-30(29)34(32)22-28/h1-22,24H,23H2,(H2,40,41,42). The molecular weight excluding hydrogens is 559 g/mol. The van der Waals surface area contributed by atoms with Crippen LogP contribution in [0.25, 0.3) is 43.4 Å². The second-order valence-electron chi connectivity index (χ2n) is 10.8. The molecule has 0 aromatic heterocycles. The lowest BCUT2D eigenvalue weighted by Crippen LogP contribution is -2.03. The van der Waals surface area contributed by atoms with E-state index in [1.807, 2.05) is 24.3 Å². The quantitative estimate of drug-likeness (QED) is 0.127. The molecule has 0 radical (unpaired) electrons. The van der Waals surface area contributed by atoms with Gasteiger partial charge in [-0.1, -0.05) is 109 Å². The van der Waals surface area contributed by atoms with Crippen LogP contribution in [0, 0.1) is 0 Å². The van der Waals surface area contributed by atoms with Gasteiger partial charge < -0.3 is 10.5 Å². The molecule has 5 heteroatoms. The predicted molar refractivity (Wildman–Crippen MR) is 184 cm³/mol. The molecular formula is C39H27N3OS. The average Bonchev–Trinajstić information content (AvgIpc) is 3.09. The van der Waals surface area contributed by atoms with E-state index in [4.69, 9.17) is 15.5 Å². The summed E-state index contributed by atoms with van der Waals surface area (Å²) in [5.74, 6) is 2.36. The van der Waals surface area contributed by atoms with Crippen LogP contribution < -0.4 is 10.5 Å². The SMILES string of the molecule is NC=NC(=NCc1ccc2c(c1)Sc1ccccc1O2)c1ccc2c3ccc(-c4ccccc4)cc3c3ccccc3c2c1. The Kier molecular flexibility index (Phi) is 6.58. The van der Waals surface area contributed by atoms with Gasteiger partial charge in [-0.2, -0.15) is 0 Å². The fraction of sp³-hybridized carbons (Fsp3) is 0.0256. The first-order valence-electron chi connectivity index (χ1n) is 14.6. The average molecular weight is 586 g/mol. The molecule has 4 nitrogen and oxygen atoms in total. The Morgan fingerprint density at radius 3 is 2.09 bits per heavy atom. The van der Waals surface area contributed by atoms with Crippen molar-refractivity contribution in [1.82, 2.24) is 0 Å². The van der Waals surface area contributed by atoms with Gasteiger partial charge in [0.25, 0.3) is 0 Å². The van der Waals surface area contributed by atoms with Crippen LogP contribution in [-0.4, -0.2) is 12.2 Å². The fourth-order valence-electron chi connectivity index (χ4n) is 6.02. The molecule has 0 fully saturated rings. The number of nitrogens with zero attached hydrogens (tertiary/aromatic N) is 2. The van der Waals surface area contributed by atoms with Crippen molar-refractivity contribution >= 4 is 56.3 Å². The van der Waals surface area contributed by atoms with Crippen LogP contribution in [0.4, 0.5) is 0 Å². The summed E-state index contributed by atoms with van der Waals surface area (Å²) >= 11 is 1.72. The van der Waals surface area contributed by atoms with Crippen molar-refractivity contribution < 1.29 is 4.74 Å². The lowest BCUT2D eigenvalue weighted by molar-refractivity contribution is 0.454. The first-order valence-corrected chi connectivity index (χ1v) is 15.4. The van der Waals surface area contributed by atoms with Crippen LogP contribution >= 0.6 is 11.8 Å². The molecule has 1 aliphatic heterocycles. The summed E-state index contributed by atoms with van der Waals surface area (Å²) in [6.07, 6.45) is 1.32. The van der Waals surface area contributed by atoms with Crippen molar-refractivity contribution in [2.45, 2.75) is 16.3 Å². The normalized spacial score (nSPS) is 12.9. The van der Waals surface area contributed by atoms with Gasteiger partial charge in [-0.25, -0.2) is 4.99 Å². The predicted octanol–water partition coefficient (Wildman–Crippen LogP) is 10.0.